The smallest absolute Gasteiger partial charge is 0.359 e. The number of methoxy groups -OCH3 is 1. The van der Waals surface area contributed by atoms with Crippen molar-refractivity contribution >= 4 is 5.69 Å². The standard InChI is InChI=1S/C9H8FN2O3/c1-14-9-4-7(10)6(5-11)3-8(9)12(13)15-2/h3-4H,1-2H3/q+1. The Balaban J connectivity index is 3.36. The molecule has 0 aliphatic carbocycles. The molecule has 1 aromatic carbocycles. The predicted molar refractivity (Wildman–Crippen MR) is 48.0 cm³/mol. The van der Waals surface area contributed by atoms with Gasteiger partial charge in [-0.05, 0) is 0 Å². The second-order valence-electron chi connectivity index (χ2n) is 2.56. The van der Waals surface area contributed by atoms with E-state index in [0.29, 0.717) is 0 Å². The van der Waals surface area contributed by atoms with Gasteiger partial charge in [0.25, 0.3) is 4.92 Å². The van der Waals surface area contributed by atoms with E-state index in [9.17, 15) is 9.30 Å². The van der Waals surface area contributed by atoms with Crippen molar-refractivity contribution in [1.82, 2.24) is 0 Å². The second-order valence-corrected chi connectivity index (χ2v) is 2.56. The van der Waals surface area contributed by atoms with Gasteiger partial charge in [0.05, 0.1) is 17.6 Å². The molecular formula is C9H8FN2O3+. The summed E-state index contributed by atoms with van der Waals surface area (Å²) in [6, 6.07) is 3.63. The van der Waals surface area contributed by atoms with Crippen LogP contribution in [0.25, 0.3) is 0 Å². The summed E-state index contributed by atoms with van der Waals surface area (Å²) in [7, 11) is 2.44. The molecule has 0 aliphatic heterocycles. The van der Waals surface area contributed by atoms with Crippen molar-refractivity contribution in [2.24, 2.45) is 0 Å². The summed E-state index contributed by atoms with van der Waals surface area (Å²) >= 11 is 0. The quantitative estimate of drug-likeness (QED) is 0.713. The molecule has 1 rings (SSSR count). The summed E-state index contributed by atoms with van der Waals surface area (Å²) < 4.78 is 17.9. The summed E-state index contributed by atoms with van der Waals surface area (Å²) in [5.41, 5.74) is -0.304. The van der Waals surface area contributed by atoms with E-state index in [1.807, 2.05) is 0 Å². The monoisotopic (exact) mass is 211 g/mol. The van der Waals surface area contributed by atoms with Crippen molar-refractivity contribution in [2.45, 2.75) is 0 Å². The Morgan fingerprint density at radius 2 is 2.13 bits per heavy atom. The number of nitriles is 1. The van der Waals surface area contributed by atoms with Crippen LogP contribution in [-0.4, -0.2) is 19.1 Å². The number of nitrogens with zero attached hydrogens (tertiary/aromatic N) is 2. The lowest BCUT2D eigenvalue weighted by atomic mass is 10.2. The van der Waals surface area contributed by atoms with Crippen molar-refractivity contribution in [3.05, 3.63) is 28.4 Å². The number of rotatable bonds is 3. The number of halogens is 1. The molecule has 0 amide bonds. The molecule has 0 spiro atoms. The van der Waals surface area contributed by atoms with Crippen LogP contribution in [0, 0.1) is 22.1 Å². The van der Waals surface area contributed by atoms with Crippen molar-refractivity contribution in [3.8, 4) is 11.8 Å². The highest BCUT2D eigenvalue weighted by Crippen LogP contribution is 2.29. The number of ether oxygens (including phenoxy) is 1. The maximum Gasteiger partial charge on any atom is 0.359 e. The van der Waals surface area contributed by atoms with E-state index in [2.05, 4.69) is 4.84 Å². The Kier molecular flexibility index (Phi) is 3.18. The fourth-order valence-corrected chi connectivity index (χ4v) is 1.03. The van der Waals surface area contributed by atoms with Crippen LogP contribution in [0.5, 0.6) is 5.75 Å². The first-order valence-corrected chi connectivity index (χ1v) is 3.93. The zero-order chi connectivity index (χ0) is 11.4. The van der Waals surface area contributed by atoms with E-state index in [1.54, 1.807) is 6.07 Å². The lowest BCUT2D eigenvalue weighted by Crippen LogP contribution is -2.02. The molecule has 0 fully saturated rings. The minimum Gasteiger partial charge on any atom is -0.490 e. The fourth-order valence-electron chi connectivity index (χ4n) is 1.03. The zero-order valence-electron chi connectivity index (χ0n) is 8.15. The molecular weight excluding hydrogens is 203 g/mol. The fraction of sp³-hybridized carbons (Fsp3) is 0.222. The molecule has 0 bridgehead atoms. The number of benzene rings is 1. The minimum absolute atomic E-state index is 0.00310. The number of hydrogen-bond acceptors (Lipinski definition) is 4. The van der Waals surface area contributed by atoms with Gasteiger partial charge >= 0.3 is 5.69 Å². The van der Waals surface area contributed by atoms with E-state index >= 15 is 0 Å². The largest absolute Gasteiger partial charge is 0.490 e. The van der Waals surface area contributed by atoms with Gasteiger partial charge in [-0.2, -0.15) is 5.26 Å². The normalized spacial score (nSPS) is 9.20. The SMILES string of the molecule is COc1cc(F)c(C#N)cc1[N+](=O)OC. The summed E-state index contributed by atoms with van der Waals surface area (Å²) in [6.45, 7) is 0. The first kappa shape index (κ1) is 10.9. The van der Waals surface area contributed by atoms with Crippen molar-refractivity contribution in [3.63, 3.8) is 0 Å². The predicted octanol–water partition coefficient (Wildman–Crippen LogP) is 1.68. The van der Waals surface area contributed by atoms with E-state index in [-0.39, 0.29) is 21.9 Å². The number of hydrogen-bond donors (Lipinski definition) is 0. The average molecular weight is 211 g/mol. The first-order chi connectivity index (χ1) is 7.13. The maximum absolute atomic E-state index is 13.1. The second kappa shape index (κ2) is 4.37. The molecule has 78 valence electrons. The summed E-state index contributed by atoms with van der Waals surface area (Å²) in [5.74, 6) is -0.744. The molecule has 0 aliphatic rings. The highest BCUT2D eigenvalue weighted by Gasteiger charge is 2.24. The lowest BCUT2D eigenvalue weighted by molar-refractivity contribution is -0.736. The molecule has 0 unspecified atom stereocenters. The highest BCUT2D eigenvalue weighted by atomic mass is 19.1. The molecule has 0 aromatic heterocycles. The molecule has 0 heterocycles. The molecule has 0 N–H and O–H groups in total. The van der Waals surface area contributed by atoms with Gasteiger partial charge in [-0.3, -0.25) is 0 Å². The van der Waals surface area contributed by atoms with Crippen LogP contribution in [0.15, 0.2) is 12.1 Å². The van der Waals surface area contributed by atoms with E-state index in [1.165, 1.54) is 7.11 Å². The Morgan fingerprint density at radius 3 is 2.60 bits per heavy atom. The lowest BCUT2D eigenvalue weighted by Gasteiger charge is -2.00. The van der Waals surface area contributed by atoms with Crippen LogP contribution in [0.2, 0.25) is 0 Å². The topological polar surface area (TPSA) is 62.3 Å². The van der Waals surface area contributed by atoms with Gasteiger partial charge in [-0.15, -0.1) is 0 Å². The molecule has 15 heavy (non-hydrogen) atoms. The van der Waals surface area contributed by atoms with Crippen LogP contribution in [0.1, 0.15) is 5.56 Å². The summed E-state index contributed by atoms with van der Waals surface area (Å²) in [5, 5.41) is 8.57. The molecule has 0 saturated heterocycles. The van der Waals surface area contributed by atoms with Gasteiger partial charge in [-0.1, -0.05) is 0 Å². The van der Waals surface area contributed by atoms with Gasteiger partial charge in [-0.25, -0.2) is 9.23 Å². The summed E-state index contributed by atoms with van der Waals surface area (Å²) in [6.07, 6.45) is 0. The van der Waals surface area contributed by atoms with Crippen LogP contribution < -0.4 is 4.74 Å². The highest BCUT2D eigenvalue weighted by molar-refractivity contribution is 5.52. The molecule has 5 nitrogen and oxygen atoms in total. The van der Waals surface area contributed by atoms with Gasteiger partial charge in [0.1, 0.15) is 11.9 Å². The zero-order valence-corrected chi connectivity index (χ0v) is 8.15. The van der Waals surface area contributed by atoms with Crippen LogP contribution in [-0.2, 0) is 4.84 Å². The van der Waals surface area contributed by atoms with E-state index < -0.39 is 5.82 Å². The Bertz CT molecular complexity index is 440. The van der Waals surface area contributed by atoms with Crippen molar-refractivity contribution in [2.75, 3.05) is 14.2 Å². The van der Waals surface area contributed by atoms with Gasteiger partial charge in [0.2, 0.25) is 5.75 Å². The molecule has 0 saturated carbocycles. The van der Waals surface area contributed by atoms with Crippen LogP contribution in [0.4, 0.5) is 10.1 Å². The summed E-state index contributed by atoms with van der Waals surface area (Å²) in [4.78, 5) is 15.7. The Labute approximate surface area is 85.2 Å². The first-order valence-electron chi connectivity index (χ1n) is 3.93. The third kappa shape index (κ3) is 2.02. The van der Waals surface area contributed by atoms with Crippen molar-refractivity contribution in [1.29, 1.82) is 5.26 Å². The minimum atomic E-state index is -0.748. The third-order valence-electron chi connectivity index (χ3n) is 1.75. The van der Waals surface area contributed by atoms with Crippen LogP contribution in [0.3, 0.4) is 0 Å². The van der Waals surface area contributed by atoms with E-state index in [0.717, 1.165) is 19.2 Å². The molecule has 0 radical (unpaired) electrons. The Morgan fingerprint density at radius 1 is 1.47 bits per heavy atom. The third-order valence-corrected chi connectivity index (χ3v) is 1.75. The molecule has 6 heteroatoms. The maximum atomic E-state index is 13.1. The van der Waals surface area contributed by atoms with Crippen LogP contribution >= 0.6 is 0 Å². The average Bonchev–Trinajstić information content (AvgIpc) is 2.27. The van der Waals surface area contributed by atoms with Crippen molar-refractivity contribution < 1.29 is 18.9 Å². The Hall–Kier alpha value is -2.16. The van der Waals surface area contributed by atoms with E-state index in [4.69, 9.17) is 10.00 Å². The molecule has 0 atom stereocenters. The van der Waals surface area contributed by atoms with Gasteiger partial charge in [0.15, 0.2) is 7.11 Å². The molecule has 1 aromatic rings. The van der Waals surface area contributed by atoms with Gasteiger partial charge < -0.3 is 4.74 Å². The van der Waals surface area contributed by atoms with Gasteiger partial charge in [0, 0.05) is 12.1 Å².